The van der Waals surface area contributed by atoms with Gasteiger partial charge < -0.3 is 9.52 Å². The summed E-state index contributed by atoms with van der Waals surface area (Å²) in [6.07, 6.45) is 1.64. The number of fused-ring (bicyclic) bond motifs is 1. The Morgan fingerprint density at radius 2 is 2.25 bits per heavy atom. The van der Waals surface area contributed by atoms with Crippen LogP contribution in [0.1, 0.15) is 5.56 Å². The monoisotopic (exact) mass is 226 g/mol. The molecule has 62 valence electrons. The predicted octanol–water partition coefficient (Wildman–Crippen LogP) is 2.69. The molecule has 0 saturated heterocycles. The second kappa shape index (κ2) is 2.92. The van der Waals surface area contributed by atoms with E-state index < -0.39 is 0 Å². The summed E-state index contributed by atoms with van der Waals surface area (Å²) < 4.78 is 6.14. The molecule has 0 unspecified atom stereocenters. The Bertz CT molecular complexity index is 406. The quantitative estimate of drug-likeness (QED) is 0.812. The fraction of sp³-hybridized carbons (Fsp3) is 0.111. The zero-order valence-corrected chi connectivity index (χ0v) is 7.84. The van der Waals surface area contributed by atoms with Gasteiger partial charge in [-0.15, -0.1) is 0 Å². The van der Waals surface area contributed by atoms with Gasteiger partial charge in [0.2, 0.25) is 0 Å². The maximum absolute atomic E-state index is 8.88. The van der Waals surface area contributed by atoms with Crippen molar-refractivity contribution in [2.24, 2.45) is 0 Å². The molecule has 0 bridgehead atoms. The molecule has 1 heterocycles. The molecule has 0 aliphatic rings. The summed E-state index contributed by atoms with van der Waals surface area (Å²) in [5.74, 6) is 0. The van der Waals surface area contributed by atoms with Crippen LogP contribution in [0.15, 0.2) is 33.4 Å². The smallest absolute Gasteiger partial charge is 0.135 e. The minimum atomic E-state index is 0.0631. The largest absolute Gasteiger partial charge is 0.463 e. The van der Waals surface area contributed by atoms with Gasteiger partial charge in [0.15, 0.2) is 0 Å². The zero-order chi connectivity index (χ0) is 8.55. The second-order valence-corrected chi connectivity index (χ2v) is 3.43. The molecule has 0 saturated carbocycles. The van der Waals surface area contributed by atoms with Crippen molar-refractivity contribution in [1.29, 1.82) is 0 Å². The Kier molecular flexibility index (Phi) is 1.90. The van der Waals surface area contributed by atoms with E-state index in [0.717, 1.165) is 21.0 Å². The lowest BCUT2D eigenvalue weighted by atomic mass is 10.2. The van der Waals surface area contributed by atoms with Crippen molar-refractivity contribution in [2.45, 2.75) is 6.61 Å². The molecular formula is C9H7BrO2. The van der Waals surface area contributed by atoms with Crippen LogP contribution in [0.25, 0.3) is 11.0 Å². The third kappa shape index (κ3) is 1.15. The van der Waals surface area contributed by atoms with Crippen molar-refractivity contribution in [2.75, 3.05) is 0 Å². The maximum Gasteiger partial charge on any atom is 0.135 e. The minimum absolute atomic E-state index is 0.0631. The number of hydrogen-bond donors (Lipinski definition) is 1. The Morgan fingerprint density at radius 1 is 1.42 bits per heavy atom. The first kappa shape index (κ1) is 7.83. The van der Waals surface area contributed by atoms with Crippen LogP contribution < -0.4 is 0 Å². The molecule has 0 spiro atoms. The lowest BCUT2D eigenvalue weighted by Crippen LogP contribution is -1.80. The van der Waals surface area contributed by atoms with Crippen LogP contribution in [0, 0.1) is 0 Å². The van der Waals surface area contributed by atoms with Crippen LogP contribution in [0.4, 0.5) is 0 Å². The summed E-state index contributed by atoms with van der Waals surface area (Å²) >= 11 is 3.35. The van der Waals surface area contributed by atoms with E-state index in [1.807, 2.05) is 18.2 Å². The summed E-state index contributed by atoms with van der Waals surface area (Å²) in [5.41, 5.74) is 1.73. The first-order valence-corrected chi connectivity index (χ1v) is 4.37. The fourth-order valence-corrected chi connectivity index (χ4v) is 1.55. The first-order chi connectivity index (χ1) is 5.81. The van der Waals surface area contributed by atoms with Crippen LogP contribution in [0.5, 0.6) is 0 Å². The van der Waals surface area contributed by atoms with Gasteiger partial charge in [-0.05, 0) is 33.6 Å². The average Bonchev–Trinajstić information content (AvgIpc) is 2.47. The summed E-state index contributed by atoms with van der Waals surface area (Å²) in [5, 5.41) is 9.88. The van der Waals surface area contributed by atoms with Gasteiger partial charge in [0.25, 0.3) is 0 Å². The van der Waals surface area contributed by atoms with E-state index in [9.17, 15) is 0 Å². The zero-order valence-electron chi connectivity index (χ0n) is 6.25. The lowest BCUT2D eigenvalue weighted by Gasteiger charge is -1.94. The van der Waals surface area contributed by atoms with Crippen LogP contribution in [0.3, 0.4) is 0 Å². The average molecular weight is 227 g/mol. The minimum Gasteiger partial charge on any atom is -0.463 e. The number of halogens is 1. The van der Waals surface area contributed by atoms with Crippen molar-refractivity contribution < 1.29 is 9.52 Å². The first-order valence-electron chi connectivity index (χ1n) is 3.58. The SMILES string of the molecule is OCc1ccc2occ(Br)c2c1. The fourth-order valence-electron chi connectivity index (χ4n) is 1.14. The van der Waals surface area contributed by atoms with E-state index in [2.05, 4.69) is 15.9 Å². The lowest BCUT2D eigenvalue weighted by molar-refractivity contribution is 0.282. The Labute approximate surface area is 77.9 Å². The molecule has 2 rings (SSSR count). The van der Waals surface area contributed by atoms with Crippen molar-refractivity contribution in [1.82, 2.24) is 0 Å². The predicted molar refractivity (Wildman–Crippen MR) is 49.8 cm³/mol. The molecule has 1 aromatic heterocycles. The molecule has 0 radical (unpaired) electrons. The van der Waals surface area contributed by atoms with Crippen molar-refractivity contribution in [3.8, 4) is 0 Å². The van der Waals surface area contributed by atoms with Gasteiger partial charge in [0.05, 0.1) is 11.1 Å². The highest BCUT2D eigenvalue weighted by atomic mass is 79.9. The van der Waals surface area contributed by atoms with Crippen molar-refractivity contribution >= 4 is 26.9 Å². The van der Waals surface area contributed by atoms with Crippen LogP contribution >= 0.6 is 15.9 Å². The van der Waals surface area contributed by atoms with Gasteiger partial charge in [0.1, 0.15) is 11.8 Å². The van der Waals surface area contributed by atoms with E-state index in [4.69, 9.17) is 9.52 Å². The summed E-state index contributed by atoms with van der Waals surface area (Å²) in [4.78, 5) is 0. The van der Waals surface area contributed by atoms with Gasteiger partial charge >= 0.3 is 0 Å². The summed E-state index contributed by atoms with van der Waals surface area (Å²) in [6.45, 7) is 0.0631. The van der Waals surface area contributed by atoms with Crippen LogP contribution in [-0.4, -0.2) is 5.11 Å². The van der Waals surface area contributed by atoms with Crippen molar-refractivity contribution in [3.63, 3.8) is 0 Å². The molecule has 1 N–H and O–H groups in total. The van der Waals surface area contributed by atoms with E-state index in [1.54, 1.807) is 6.26 Å². The van der Waals surface area contributed by atoms with E-state index >= 15 is 0 Å². The number of furan rings is 1. The number of aliphatic hydroxyl groups excluding tert-OH is 1. The van der Waals surface area contributed by atoms with Gasteiger partial charge in [-0.25, -0.2) is 0 Å². The van der Waals surface area contributed by atoms with E-state index in [0.29, 0.717) is 0 Å². The molecule has 12 heavy (non-hydrogen) atoms. The van der Waals surface area contributed by atoms with Gasteiger partial charge in [0, 0.05) is 5.39 Å². The topological polar surface area (TPSA) is 33.4 Å². The van der Waals surface area contributed by atoms with Crippen molar-refractivity contribution in [3.05, 3.63) is 34.5 Å². The molecule has 3 heteroatoms. The summed E-state index contributed by atoms with van der Waals surface area (Å²) in [6, 6.07) is 5.60. The molecule has 0 fully saturated rings. The Balaban J connectivity index is 2.71. The standard InChI is InChI=1S/C9H7BrO2/c10-8-5-12-9-2-1-6(4-11)3-7(8)9/h1-3,5,11H,4H2. The third-order valence-electron chi connectivity index (χ3n) is 1.77. The van der Waals surface area contributed by atoms with Crippen LogP contribution in [0.2, 0.25) is 0 Å². The summed E-state index contributed by atoms with van der Waals surface area (Å²) in [7, 11) is 0. The Hall–Kier alpha value is -0.800. The number of benzene rings is 1. The van der Waals surface area contributed by atoms with Crippen LogP contribution in [-0.2, 0) is 6.61 Å². The number of hydrogen-bond acceptors (Lipinski definition) is 2. The molecule has 0 amide bonds. The molecule has 0 atom stereocenters. The van der Waals surface area contributed by atoms with Gasteiger partial charge in [-0.2, -0.15) is 0 Å². The number of aliphatic hydroxyl groups is 1. The van der Waals surface area contributed by atoms with E-state index in [1.165, 1.54) is 0 Å². The molecule has 0 aliphatic carbocycles. The molecular weight excluding hydrogens is 220 g/mol. The van der Waals surface area contributed by atoms with Gasteiger partial charge in [-0.3, -0.25) is 0 Å². The molecule has 0 aliphatic heterocycles. The highest BCUT2D eigenvalue weighted by Gasteiger charge is 2.02. The maximum atomic E-state index is 8.88. The van der Waals surface area contributed by atoms with E-state index in [-0.39, 0.29) is 6.61 Å². The normalized spacial score (nSPS) is 10.8. The number of rotatable bonds is 1. The van der Waals surface area contributed by atoms with Gasteiger partial charge in [-0.1, -0.05) is 6.07 Å². The molecule has 1 aromatic carbocycles. The Morgan fingerprint density at radius 3 is 3.00 bits per heavy atom. The molecule has 2 nitrogen and oxygen atoms in total. The highest BCUT2D eigenvalue weighted by Crippen LogP contribution is 2.26. The second-order valence-electron chi connectivity index (χ2n) is 2.57. The molecule has 2 aromatic rings. The third-order valence-corrected chi connectivity index (χ3v) is 2.39. The highest BCUT2D eigenvalue weighted by molar-refractivity contribution is 9.10.